The third kappa shape index (κ3) is 7.14. The largest absolute Gasteiger partial charge is 0.352 e. The Kier molecular flexibility index (Phi) is 9.30. The minimum absolute atomic E-state index is 0.0264. The molecule has 0 unspecified atom stereocenters. The Morgan fingerprint density at radius 3 is 2.31 bits per heavy atom. The molecule has 0 aromatic heterocycles. The standard InChI is InChI=1S/C26H33Cl2N3O4S/c1-17-9-12-23(13-18(17)2)31(36(4,34)35)16-25(32)30(15-20-10-11-21(27)14-24(20)28)19(3)26(33)29-22-7-5-6-8-22/h9-14,19,22H,5-8,15-16H2,1-4H3,(H,29,33)/t19-/m0/s1. The zero-order valence-electron chi connectivity index (χ0n) is 21.1. The zero-order chi connectivity index (χ0) is 26.6. The summed E-state index contributed by atoms with van der Waals surface area (Å²) < 4.78 is 26.5. The first kappa shape index (κ1) is 28.3. The number of aryl methyl sites for hydroxylation is 2. The van der Waals surface area contributed by atoms with Crippen LogP contribution in [0.3, 0.4) is 0 Å². The molecular formula is C26H33Cl2N3O4S. The van der Waals surface area contributed by atoms with Gasteiger partial charge in [0.2, 0.25) is 21.8 Å². The normalized spacial score (nSPS) is 14.9. The predicted molar refractivity (Wildman–Crippen MR) is 145 cm³/mol. The molecule has 0 bridgehead atoms. The van der Waals surface area contributed by atoms with Crippen molar-refractivity contribution in [3.05, 3.63) is 63.1 Å². The topological polar surface area (TPSA) is 86.8 Å². The van der Waals surface area contributed by atoms with Crippen molar-refractivity contribution in [2.24, 2.45) is 0 Å². The van der Waals surface area contributed by atoms with E-state index in [9.17, 15) is 18.0 Å². The third-order valence-electron chi connectivity index (χ3n) is 6.68. The first-order valence-electron chi connectivity index (χ1n) is 12.0. The fourth-order valence-electron chi connectivity index (χ4n) is 4.30. The zero-order valence-corrected chi connectivity index (χ0v) is 23.4. The molecule has 0 saturated heterocycles. The number of hydrogen-bond donors (Lipinski definition) is 1. The van der Waals surface area contributed by atoms with Gasteiger partial charge in [0.25, 0.3) is 0 Å². The molecule has 2 aromatic rings. The maximum atomic E-state index is 13.7. The molecule has 196 valence electrons. The molecule has 3 rings (SSSR count). The summed E-state index contributed by atoms with van der Waals surface area (Å²) in [5, 5.41) is 3.84. The van der Waals surface area contributed by atoms with Gasteiger partial charge < -0.3 is 10.2 Å². The Labute approximate surface area is 223 Å². The molecule has 1 aliphatic rings. The Balaban J connectivity index is 1.92. The fraction of sp³-hybridized carbons (Fsp3) is 0.462. The lowest BCUT2D eigenvalue weighted by atomic mass is 10.1. The summed E-state index contributed by atoms with van der Waals surface area (Å²) in [6.07, 6.45) is 4.99. The molecule has 0 spiro atoms. The minimum Gasteiger partial charge on any atom is -0.352 e. The van der Waals surface area contributed by atoms with Crippen molar-refractivity contribution in [3.8, 4) is 0 Å². The van der Waals surface area contributed by atoms with Gasteiger partial charge in [-0.05, 0) is 74.6 Å². The summed E-state index contributed by atoms with van der Waals surface area (Å²) in [6.45, 7) is 5.03. The van der Waals surface area contributed by atoms with Crippen LogP contribution in [0.25, 0.3) is 0 Å². The quantitative estimate of drug-likeness (QED) is 0.480. The summed E-state index contributed by atoms with van der Waals surface area (Å²) in [6, 6.07) is 9.40. The molecule has 0 heterocycles. The van der Waals surface area contributed by atoms with Gasteiger partial charge in [0, 0.05) is 22.6 Å². The average molecular weight is 555 g/mol. The second-order valence-electron chi connectivity index (χ2n) is 9.46. The average Bonchev–Trinajstić information content (AvgIpc) is 3.30. The van der Waals surface area contributed by atoms with Crippen molar-refractivity contribution in [1.29, 1.82) is 0 Å². The van der Waals surface area contributed by atoms with Gasteiger partial charge in [0.05, 0.1) is 11.9 Å². The Hall–Kier alpha value is -2.29. The van der Waals surface area contributed by atoms with Crippen LogP contribution in [0.15, 0.2) is 36.4 Å². The second kappa shape index (κ2) is 11.8. The van der Waals surface area contributed by atoms with E-state index in [0.29, 0.717) is 21.3 Å². The van der Waals surface area contributed by atoms with Gasteiger partial charge >= 0.3 is 0 Å². The first-order chi connectivity index (χ1) is 16.9. The van der Waals surface area contributed by atoms with Crippen LogP contribution >= 0.6 is 23.2 Å². The number of rotatable bonds is 9. The molecule has 1 N–H and O–H groups in total. The van der Waals surface area contributed by atoms with Crippen molar-refractivity contribution in [1.82, 2.24) is 10.2 Å². The number of halogens is 2. The number of nitrogens with zero attached hydrogens (tertiary/aromatic N) is 2. The molecular weight excluding hydrogens is 521 g/mol. The second-order valence-corrected chi connectivity index (χ2v) is 12.2. The van der Waals surface area contributed by atoms with E-state index in [2.05, 4.69) is 5.32 Å². The van der Waals surface area contributed by atoms with Crippen molar-refractivity contribution in [3.63, 3.8) is 0 Å². The van der Waals surface area contributed by atoms with E-state index in [1.54, 1.807) is 37.3 Å². The smallest absolute Gasteiger partial charge is 0.244 e. The van der Waals surface area contributed by atoms with Gasteiger partial charge in [-0.1, -0.05) is 48.2 Å². The summed E-state index contributed by atoms with van der Waals surface area (Å²) in [5.74, 6) is -0.795. The van der Waals surface area contributed by atoms with Crippen LogP contribution < -0.4 is 9.62 Å². The van der Waals surface area contributed by atoms with Gasteiger partial charge in [-0.2, -0.15) is 0 Å². The minimum atomic E-state index is -3.79. The summed E-state index contributed by atoms with van der Waals surface area (Å²) >= 11 is 12.4. The highest BCUT2D eigenvalue weighted by Gasteiger charge is 2.31. The van der Waals surface area contributed by atoms with Gasteiger partial charge in [-0.25, -0.2) is 8.42 Å². The number of carbonyl (C=O) groups excluding carboxylic acids is 2. The molecule has 7 nitrogen and oxygen atoms in total. The van der Waals surface area contributed by atoms with Crippen LogP contribution in [0.5, 0.6) is 0 Å². The van der Waals surface area contributed by atoms with Crippen LogP contribution in [0.4, 0.5) is 5.69 Å². The predicted octanol–water partition coefficient (Wildman–Crippen LogP) is 4.85. The lowest BCUT2D eigenvalue weighted by molar-refractivity contribution is -0.139. The number of anilines is 1. The fourth-order valence-corrected chi connectivity index (χ4v) is 5.61. The molecule has 1 fully saturated rings. The number of sulfonamides is 1. The number of carbonyl (C=O) groups is 2. The van der Waals surface area contributed by atoms with Crippen molar-refractivity contribution >= 4 is 50.7 Å². The highest BCUT2D eigenvalue weighted by atomic mass is 35.5. The van der Waals surface area contributed by atoms with Crippen LogP contribution in [0.2, 0.25) is 10.0 Å². The van der Waals surface area contributed by atoms with Crippen molar-refractivity contribution < 1.29 is 18.0 Å². The molecule has 1 atom stereocenters. The highest BCUT2D eigenvalue weighted by molar-refractivity contribution is 7.92. The van der Waals surface area contributed by atoms with E-state index >= 15 is 0 Å². The van der Waals surface area contributed by atoms with Crippen LogP contribution in [-0.2, 0) is 26.2 Å². The molecule has 1 aliphatic carbocycles. The van der Waals surface area contributed by atoms with Gasteiger partial charge in [0.15, 0.2) is 0 Å². The summed E-state index contributed by atoms with van der Waals surface area (Å²) in [5.41, 5.74) is 2.91. The molecule has 1 saturated carbocycles. The lowest BCUT2D eigenvalue weighted by Gasteiger charge is -2.32. The summed E-state index contributed by atoms with van der Waals surface area (Å²) in [7, 11) is -3.79. The molecule has 0 aliphatic heterocycles. The molecule has 10 heteroatoms. The van der Waals surface area contributed by atoms with Crippen molar-refractivity contribution in [2.45, 2.75) is 65.1 Å². The molecule has 2 amide bonds. The lowest BCUT2D eigenvalue weighted by Crippen LogP contribution is -2.52. The monoisotopic (exact) mass is 553 g/mol. The van der Waals surface area contributed by atoms with Gasteiger partial charge in [-0.15, -0.1) is 0 Å². The third-order valence-corrected chi connectivity index (χ3v) is 8.41. The van der Waals surface area contributed by atoms with E-state index in [1.165, 1.54) is 4.90 Å². The number of benzene rings is 2. The van der Waals surface area contributed by atoms with E-state index in [1.807, 2.05) is 19.9 Å². The maximum Gasteiger partial charge on any atom is 0.244 e. The van der Waals surface area contributed by atoms with E-state index in [0.717, 1.165) is 47.4 Å². The summed E-state index contributed by atoms with van der Waals surface area (Å²) in [4.78, 5) is 28.2. The molecule has 36 heavy (non-hydrogen) atoms. The number of nitrogens with one attached hydrogen (secondary N) is 1. The molecule has 2 aromatic carbocycles. The number of hydrogen-bond acceptors (Lipinski definition) is 4. The van der Waals surface area contributed by atoms with E-state index < -0.39 is 28.5 Å². The van der Waals surface area contributed by atoms with Gasteiger partial charge in [0.1, 0.15) is 12.6 Å². The van der Waals surface area contributed by atoms with Crippen LogP contribution in [0.1, 0.15) is 49.3 Å². The van der Waals surface area contributed by atoms with Crippen LogP contribution in [-0.4, -0.2) is 50.0 Å². The Bertz CT molecular complexity index is 1230. The van der Waals surface area contributed by atoms with E-state index in [4.69, 9.17) is 23.2 Å². The Morgan fingerprint density at radius 1 is 1.06 bits per heavy atom. The maximum absolute atomic E-state index is 13.7. The Morgan fingerprint density at radius 2 is 1.72 bits per heavy atom. The number of amides is 2. The first-order valence-corrected chi connectivity index (χ1v) is 14.6. The van der Waals surface area contributed by atoms with Crippen molar-refractivity contribution in [2.75, 3.05) is 17.1 Å². The highest BCUT2D eigenvalue weighted by Crippen LogP contribution is 2.25. The van der Waals surface area contributed by atoms with E-state index in [-0.39, 0.29) is 18.5 Å². The van der Waals surface area contributed by atoms with Crippen LogP contribution in [0, 0.1) is 13.8 Å². The molecule has 0 radical (unpaired) electrons. The van der Waals surface area contributed by atoms with Gasteiger partial charge in [-0.3, -0.25) is 13.9 Å². The SMILES string of the molecule is Cc1ccc(N(CC(=O)N(Cc2ccc(Cl)cc2Cl)[C@@H](C)C(=O)NC2CCCC2)S(C)(=O)=O)cc1C.